The van der Waals surface area contributed by atoms with Crippen LogP contribution >= 0.6 is 23.2 Å². The molecule has 128 valence electrons. The molecule has 1 heterocycles. The van der Waals surface area contributed by atoms with E-state index < -0.39 is 0 Å². The number of H-pyrrole nitrogens is 1. The van der Waals surface area contributed by atoms with Crippen molar-refractivity contribution in [2.45, 2.75) is 6.92 Å². The first kappa shape index (κ1) is 17.3. The molecule has 5 nitrogen and oxygen atoms in total. The highest BCUT2D eigenvalue weighted by atomic mass is 35.5. The van der Waals surface area contributed by atoms with E-state index in [1.54, 1.807) is 48.5 Å². The van der Waals surface area contributed by atoms with E-state index in [0.29, 0.717) is 33.7 Å². The Morgan fingerprint density at radius 3 is 2.56 bits per heavy atom. The minimum absolute atomic E-state index is 0.289. The Morgan fingerprint density at radius 2 is 1.88 bits per heavy atom. The first-order valence-electron chi connectivity index (χ1n) is 7.62. The van der Waals surface area contributed by atoms with Crippen LogP contribution in [0.15, 0.2) is 48.5 Å². The van der Waals surface area contributed by atoms with Gasteiger partial charge < -0.3 is 10.1 Å². The first-order chi connectivity index (χ1) is 12.1. The van der Waals surface area contributed by atoms with E-state index in [2.05, 4.69) is 15.5 Å². The molecule has 0 saturated carbocycles. The number of carbonyl (C=O) groups excluding carboxylic acids is 1. The van der Waals surface area contributed by atoms with Crippen LogP contribution in [0.2, 0.25) is 10.0 Å². The fourth-order valence-electron chi connectivity index (χ4n) is 2.24. The number of hydrogen-bond donors (Lipinski definition) is 2. The summed E-state index contributed by atoms with van der Waals surface area (Å²) in [4.78, 5) is 12.3. The highest BCUT2D eigenvalue weighted by Gasteiger charge is 2.12. The van der Waals surface area contributed by atoms with Gasteiger partial charge in [0.25, 0.3) is 5.91 Å². The molecule has 1 amide bonds. The zero-order chi connectivity index (χ0) is 17.8. The number of carbonyl (C=O) groups is 1. The Balaban J connectivity index is 1.72. The van der Waals surface area contributed by atoms with Gasteiger partial charge in [-0.15, -0.1) is 0 Å². The van der Waals surface area contributed by atoms with Crippen LogP contribution in [0.25, 0.3) is 11.3 Å². The lowest BCUT2D eigenvalue weighted by atomic mass is 10.1. The minimum Gasteiger partial charge on any atom is -0.494 e. The standard InChI is InChI=1S/C18H15Cl2N3O2/c1-2-25-13-6-4-12(5-7-13)21-18(24)17-10-16(22-23-17)11-3-8-14(19)15(20)9-11/h3-10H,2H2,1H3,(H,21,24)(H,22,23). The molecule has 0 unspecified atom stereocenters. The summed E-state index contributed by atoms with van der Waals surface area (Å²) in [7, 11) is 0. The summed E-state index contributed by atoms with van der Waals surface area (Å²) in [5.41, 5.74) is 2.38. The Bertz CT molecular complexity index is 892. The third-order valence-corrected chi connectivity index (χ3v) is 4.20. The zero-order valence-electron chi connectivity index (χ0n) is 13.3. The van der Waals surface area contributed by atoms with Crippen molar-refractivity contribution < 1.29 is 9.53 Å². The number of ether oxygens (including phenoxy) is 1. The Hall–Kier alpha value is -2.50. The van der Waals surface area contributed by atoms with Crippen molar-refractivity contribution in [3.05, 3.63) is 64.3 Å². The number of nitrogens with one attached hydrogen (secondary N) is 2. The van der Waals surface area contributed by atoms with Crippen LogP contribution in [0.4, 0.5) is 5.69 Å². The Morgan fingerprint density at radius 1 is 1.12 bits per heavy atom. The van der Waals surface area contributed by atoms with Gasteiger partial charge in [0, 0.05) is 11.3 Å². The van der Waals surface area contributed by atoms with Crippen LogP contribution in [-0.2, 0) is 0 Å². The molecule has 0 spiro atoms. The van der Waals surface area contributed by atoms with Gasteiger partial charge in [-0.25, -0.2) is 0 Å². The third-order valence-electron chi connectivity index (χ3n) is 3.46. The first-order valence-corrected chi connectivity index (χ1v) is 8.37. The van der Waals surface area contributed by atoms with Crippen molar-refractivity contribution >= 4 is 34.8 Å². The van der Waals surface area contributed by atoms with Crippen molar-refractivity contribution in [2.24, 2.45) is 0 Å². The number of amides is 1. The van der Waals surface area contributed by atoms with Gasteiger partial charge in [-0.3, -0.25) is 9.89 Å². The molecule has 0 aliphatic rings. The van der Waals surface area contributed by atoms with Crippen molar-refractivity contribution in [3.63, 3.8) is 0 Å². The molecule has 0 fully saturated rings. The Kier molecular flexibility index (Phi) is 5.26. The molecule has 0 bridgehead atoms. The van der Waals surface area contributed by atoms with Crippen LogP contribution in [0, 0.1) is 0 Å². The van der Waals surface area contributed by atoms with Gasteiger partial charge in [-0.05, 0) is 49.4 Å². The van der Waals surface area contributed by atoms with E-state index in [-0.39, 0.29) is 5.91 Å². The van der Waals surface area contributed by atoms with E-state index >= 15 is 0 Å². The van der Waals surface area contributed by atoms with Gasteiger partial charge in [0.05, 0.1) is 22.3 Å². The summed E-state index contributed by atoms with van der Waals surface area (Å²) in [6.07, 6.45) is 0. The SMILES string of the molecule is CCOc1ccc(NC(=O)c2cc(-c3ccc(Cl)c(Cl)c3)n[nH]2)cc1. The summed E-state index contributed by atoms with van der Waals surface area (Å²) < 4.78 is 5.37. The fourth-order valence-corrected chi connectivity index (χ4v) is 2.54. The van der Waals surface area contributed by atoms with Crippen molar-refractivity contribution in [2.75, 3.05) is 11.9 Å². The summed E-state index contributed by atoms with van der Waals surface area (Å²) >= 11 is 11.9. The van der Waals surface area contributed by atoms with E-state index in [1.165, 1.54) is 0 Å². The molecular weight excluding hydrogens is 361 g/mol. The Labute approximate surface area is 154 Å². The van der Waals surface area contributed by atoms with Gasteiger partial charge in [-0.2, -0.15) is 5.10 Å². The number of rotatable bonds is 5. The van der Waals surface area contributed by atoms with Gasteiger partial charge in [0.2, 0.25) is 0 Å². The minimum atomic E-state index is -0.289. The highest BCUT2D eigenvalue weighted by Crippen LogP contribution is 2.28. The summed E-state index contributed by atoms with van der Waals surface area (Å²) in [5.74, 6) is 0.465. The number of benzene rings is 2. The maximum Gasteiger partial charge on any atom is 0.273 e. The van der Waals surface area contributed by atoms with Gasteiger partial charge in [0.15, 0.2) is 0 Å². The van der Waals surface area contributed by atoms with E-state index in [4.69, 9.17) is 27.9 Å². The molecule has 0 saturated heterocycles. The number of nitrogens with zero attached hydrogens (tertiary/aromatic N) is 1. The monoisotopic (exact) mass is 375 g/mol. The molecular formula is C18H15Cl2N3O2. The normalized spacial score (nSPS) is 10.5. The second kappa shape index (κ2) is 7.59. The van der Waals surface area contributed by atoms with Gasteiger partial charge >= 0.3 is 0 Å². The van der Waals surface area contributed by atoms with Crippen LogP contribution < -0.4 is 10.1 Å². The predicted octanol–water partition coefficient (Wildman–Crippen LogP) is 5.03. The number of halogens is 2. The molecule has 2 N–H and O–H groups in total. The lowest BCUT2D eigenvalue weighted by molar-refractivity contribution is 0.102. The molecule has 0 radical (unpaired) electrons. The van der Waals surface area contributed by atoms with Crippen LogP contribution in [0.5, 0.6) is 5.75 Å². The fraction of sp³-hybridized carbons (Fsp3) is 0.111. The van der Waals surface area contributed by atoms with E-state index in [0.717, 1.165) is 11.3 Å². The molecule has 0 atom stereocenters. The van der Waals surface area contributed by atoms with Crippen LogP contribution in [0.3, 0.4) is 0 Å². The molecule has 0 aliphatic carbocycles. The number of anilines is 1. The quantitative estimate of drug-likeness (QED) is 0.656. The predicted molar refractivity (Wildman–Crippen MR) is 99.6 cm³/mol. The summed E-state index contributed by atoms with van der Waals surface area (Å²) in [6, 6.07) is 14.0. The lowest BCUT2D eigenvalue weighted by Crippen LogP contribution is -2.12. The largest absolute Gasteiger partial charge is 0.494 e. The molecule has 25 heavy (non-hydrogen) atoms. The molecule has 2 aromatic carbocycles. The number of aromatic nitrogens is 2. The average molecular weight is 376 g/mol. The van der Waals surface area contributed by atoms with Gasteiger partial charge in [0.1, 0.15) is 11.4 Å². The lowest BCUT2D eigenvalue weighted by Gasteiger charge is -2.06. The molecule has 1 aromatic heterocycles. The average Bonchev–Trinajstić information content (AvgIpc) is 3.09. The smallest absolute Gasteiger partial charge is 0.273 e. The topological polar surface area (TPSA) is 67.0 Å². The second-order valence-electron chi connectivity index (χ2n) is 5.21. The van der Waals surface area contributed by atoms with E-state index in [1.807, 2.05) is 6.92 Å². The van der Waals surface area contributed by atoms with Crippen molar-refractivity contribution in [1.29, 1.82) is 0 Å². The summed E-state index contributed by atoms with van der Waals surface area (Å²) in [6.45, 7) is 2.51. The maximum atomic E-state index is 12.3. The molecule has 3 rings (SSSR count). The third kappa shape index (κ3) is 4.13. The molecule has 0 aliphatic heterocycles. The maximum absolute atomic E-state index is 12.3. The highest BCUT2D eigenvalue weighted by molar-refractivity contribution is 6.42. The second-order valence-corrected chi connectivity index (χ2v) is 6.02. The van der Waals surface area contributed by atoms with Crippen LogP contribution in [0.1, 0.15) is 17.4 Å². The zero-order valence-corrected chi connectivity index (χ0v) is 14.9. The van der Waals surface area contributed by atoms with E-state index in [9.17, 15) is 4.79 Å². The van der Waals surface area contributed by atoms with Gasteiger partial charge in [-0.1, -0.05) is 29.3 Å². The van der Waals surface area contributed by atoms with Crippen LogP contribution in [-0.4, -0.2) is 22.7 Å². The van der Waals surface area contributed by atoms with Crippen molar-refractivity contribution in [1.82, 2.24) is 10.2 Å². The summed E-state index contributed by atoms with van der Waals surface area (Å²) in [5, 5.41) is 10.6. The molecule has 7 heteroatoms. The van der Waals surface area contributed by atoms with Crippen molar-refractivity contribution in [3.8, 4) is 17.0 Å². The number of hydrogen-bond acceptors (Lipinski definition) is 3. The molecule has 3 aromatic rings. The number of aromatic amines is 1.